The van der Waals surface area contributed by atoms with Gasteiger partial charge in [-0.3, -0.25) is 24.5 Å². The van der Waals surface area contributed by atoms with Gasteiger partial charge in [-0.2, -0.15) is 13.2 Å². The molecule has 2 aliphatic rings. The Balaban J connectivity index is 0.000000192. The maximum Gasteiger partial charge on any atom is 0.416 e. The number of fused-ring (bicyclic) bond motifs is 1. The second kappa shape index (κ2) is 27.3. The van der Waals surface area contributed by atoms with Gasteiger partial charge in [0.2, 0.25) is 5.91 Å². The molecule has 0 saturated heterocycles. The fourth-order valence-corrected chi connectivity index (χ4v) is 9.31. The quantitative estimate of drug-likeness (QED) is 0.0354. The van der Waals surface area contributed by atoms with E-state index in [1.54, 1.807) is 41.2 Å². The van der Waals surface area contributed by atoms with Gasteiger partial charge in [0.15, 0.2) is 26.2 Å². The fourth-order valence-electron chi connectivity index (χ4n) is 7.88. The lowest BCUT2D eigenvalue weighted by atomic mass is 10.0. The van der Waals surface area contributed by atoms with E-state index in [0.29, 0.717) is 42.6 Å². The Kier molecular flexibility index (Phi) is 21.7. The molecule has 1 fully saturated rings. The number of hydrogen-bond donors (Lipinski definition) is 1. The molecule has 2 N–H and O–H groups in total. The van der Waals surface area contributed by atoms with Crippen LogP contribution in [0.1, 0.15) is 77.9 Å². The maximum atomic E-state index is 12.8. The molecule has 16 nitrogen and oxygen atoms in total. The summed E-state index contributed by atoms with van der Waals surface area (Å²) in [6.45, 7) is 8.90. The molecule has 2 unspecified atom stereocenters. The number of benzene rings is 5. The lowest BCUT2D eigenvalue weighted by Crippen LogP contribution is -2.47. The summed E-state index contributed by atoms with van der Waals surface area (Å²) < 4.78 is 83.5. The maximum absolute atomic E-state index is 12.8. The van der Waals surface area contributed by atoms with Crippen LogP contribution in [0.4, 0.5) is 35.9 Å². The topological polar surface area (TPSA) is 215 Å². The first kappa shape index (κ1) is 61.4. The summed E-state index contributed by atoms with van der Waals surface area (Å²) in [6.07, 6.45) is -0.266. The molecule has 1 aliphatic carbocycles. The van der Waals surface area contributed by atoms with Crippen LogP contribution in [0.5, 0.6) is 17.2 Å². The van der Waals surface area contributed by atoms with Crippen molar-refractivity contribution in [2.45, 2.75) is 80.9 Å². The Labute approximate surface area is 463 Å². The van der Waals surface area contributed by atoms with Crippen LogP contribution < -0.4 is 25.0 Å². The number of nitrogens with zero attached hydrogens (tertiary/aromatic N) is 4. The van der Waals surface area contributed by atoms with E-state index >= 15 is 0 Å². The molecule has 8 rings (SSSR count). The van der Waals surface area contributed by atoms with Gasteiger partial charge in [0.25, 0.3) is 11.6 Å². The number of rotatable bonds is 14. The number of amides is 2. The zero-order valence-electron chi connectivity index (χ0n) is 42.4. The number of nitro groups is 1. The number of ether oxygens (including phenoxy) is 3. The zero-order chi connectivity index (χ0) is 56.9. The fraction of sp³-hybridized carbons (Fsp3) is 0.321. The van der Waals surface area contributed by atoms with Crippen LogP contribution in [0.25, 0.3) is 0 Å². The predicted octanol–water partition coefficient (Wildman–Crippen LogP) is 12.6. The minimum atomic E-state index is -4.71. The smallest absolute Gasteiger partial charge is 0.416 e. The molecule has 5 aromatic carbocycles. The van der Waals surface area contributed by atoms with Crippen molar-refractivity contribution in [3.05, 3.63) is 158 Å². The van der Waals surface area contributed by atoms with Crippen LogP contribution in [-0.2, 0) is 36.8 Å². The Bertz CT molecular complexity index is 3160. The van der Waals surface area contributed by atoms with Gasteiger partial charge < -0.3 is 34.3 Å². The van der Waals surface area contributed by atoms with Crippen molar-refractivity contribution in [2.75, 3.05) is 48.0 Å². The first-order valence-electron chi connectivity index (χ1n) is 23.5. The molecule has 0 bridgehead atoms. The van der Waals surface area contributed by atoms with Crippen molar-refractivity contribution < 1.29 is 59.6 Å². The van der Waals surface area contributed by atoms with Crippen molar-refractivity contribution in [2.24, 2.45) is 0 Å². The lowest BCUT2D eigenvalue weighted by molar-refractivity contribution is -0.383. The molecule has 6 aromatic rings. The summed E-state index contributed by atoms with van der Waals surface area (Å²) in [5, 5.41) is 14.3. The largest absolute Gasteiger partial charge is 0.489 e. The SMILES string of the molecule is CC1COc2ccccc2N1C(=O)C(Cl)Cl.CCc1cccc(C)c1N(C(=O)CCl)C(C)COC.CS(=O)(=O)c1cc(C(F)(F)F)ccc1C(=O)c1cnoc1C1CC1.Nc1c([N+](=O)[O-])ccc(Oc2ccccc2)c1Cl. The number of sulfone groups is 1. The summed E-state index contributed by atoms with van der Waals surface area (Å²) >= 11 is 22.9. The predicted molar refractivity (Wildman–Crippen MR) is 290 cm³/mol. The average molecular weight is 1170 g/mol. The molecule has 0 radical (unpaired) electrons. The Morgan fingerprint density at radius 3 is 2.23 bits per heavy atom. The summed E-state index contributed by atoms with van der Waals surface area (Å²) in [4.78, 5) is 48.4. The van der Waals surface area contributed by atoms with Crippen LogP contribution in [0, 0.1) is 17.0 Å². The highest BCUT2D eigenvalue weighted by molar-refractivity contribution is 7.90. The van der Waals surface area contributed by atoms with Crippen LogP contribution >= 0.6 is 46.4 Å². The van der Waals surface area contributed by atoms with Crippen molar-refractivity contribution >= 4 is 96.6 Å². The van der Waals surface area contributed by atoms with Gasteiger partial charge in [0.1, 0.15) is 40.4 Å². The number of nitrogen functional groups attached to an aromatic ring is 1. The number of carbonyl (C=O) groups is 3. The van der Waals surface area contributed by atoms with Crippen molar-refractivity contribution in [1.82, 2.24) is 5.16 Å². The van der Waals surface area contributed by atoms with E-state index in [0.717, 1.165) is 54.1 Å². The molecule has 24 heteroatoms. The second-order valence-electron chi connectivity index (χ2n) is 17.4. The van der Waals surface area contributed by atoms with Gasteiger partial charge in [-0.1, -0.05) is 95.4 Å². The molecule has 77 heavy (non-hydrogen) atoms. The Hall–Kier alpha value is -6.42. The van der Waals surface area contributed by atoms with Crippen LogP contribution in [-0.4, -0.2) is 85.5 Å². The highest BCUT2D eigenvalue weighted by Crippen LogP contribution is 2.43. The first-order valence-corrected chi connectivity index (χ1v) is 27.2. The first-order chi connectivity index (χ1) is 36.3. The number of anilines is 3. The van der Waals surface area contributed by atoms with E-state index in [1.807, 2.05) is 63.2 Å². The van der Waals surface area contributed by atoms with Crippen molar-refractivity contribution in [1.29, 1.82) is 0 Å². The van der Waals surface area contributed by atoms with Gasteiger partial charge in [-0.15, -0.1) is 11.6 Å². The highest BCUT2D eigenvalue weighted by Gasteiger charge is 2.37. The van der Waals surface area contributed by atoms with Crippen molar-refractivity contribution in [3.63, 3.8) is 0 Å². The van der Waals surface area contributed by atoms with Crippen LogP contribution in [0.3, 0.4) is 0 Å². The Morgan fingerprint density at radius 2 is 1.65 bits per heavy atom. The number of hydrogen-bond acceptors (Lipinski definition) is 13. The summed E-state index contributed by atoms with van der Waals surface area (Å²) in [5.74, 6) is 0.795. The molecule has 1 saturated carbocycles. The molecule has 412 valence electrons. The number of carbonyl (C=O) groups excluding carboxylic acids is 3. The molecule has 2 atom stereocenters. The lowest BCUT2D eigenvalue weighted by Gasteiger charge is -2.35. The molecular weight excluding hydrogens is 1110 g/mol. The third kappa shape index (κ3) is 15.9. The number of aromatic nitrogens is 1. The number of nitrogens with two attached hydrogens (primary N) is 1. The number of alkyl halides is 6. The van der Waals surface area contributed by atoms with Crippen LogP contribution in [0.2, 0.25) is 5.02 Å². The highest BCUT2D eigenvalue weighted by atomic mass is 35.5. The minimum Gasteiger partial charge on any atom is -0.489 e. The third-order valence-electron chi connectivity index (χ3n) is 11.7. The number of para-hydroxylation sites is 4. The number of aryl methyl sites for hydroxylation is 2. The summed E-state index contributed by atoms with van der Waals surface area (Å²) in [5.41, 5.74) is 7.81. The van der Waals surface area contributed by atoms with E-state index in [2.05, 4.69) is 18.1 Å². The number of halogens is 7. The average Bonchev–Trinajstić information content (AvgIpc) is 4.12. The van der Waals surface area contributed by atoms with E-state index in [4.69, 9.17) is 70.9 Å². The number of methoxy groups -OCH3 is 1. The van der Waals surface area contributed by atoms with Gasteiger partial charge >= 0.3 is 6.18 Å². The number of nitro benzene ring substituents is 1. The monoisotopic (exact) mass is 1170 g/mol. The Morgan fingerprint density at radius 1 is 0.987 bits per heavy atom. The molecule has 1 aromatic heterocycles. The summed E-state index contributed by atoms with van der Waals surface area (Å²) in [7, 11) is -2.40. The van der Waals surface area contributed by atoms with E-state index in [-0.39, 0.29) is 69.0 Å². The molecule has 2 heterocycles. The second-order valence-corrected chi connectivity index (χ2v) is 21.2. The zero-order valence-corrected chi connectivity index (χ0v) is 46.2. The standard InChI is InChI=1S/C15H22ClNO2.C15H12F3NO4S.C12H9ClN2O3.C11H11Cl2NO2/c1-5-13-8-6-7-11(2)15(13)17(14(18)9-16)12(3)10-19-4;1-24(21,22)12-6-9(15(16,17)18)4-5-10(12)13(20)11-7-19-23-14(11)8-2-3-8;13-11-10(18-8-4-2-1-3-5-8)7-6-9(12(11)14)15(16)17;1-7-6-16-9-5-3-2-4-8(9)14(7)11(15)10(12)13/h6-8,12H,5,9-10H2,1-4H3;4-8H,2-3H2,1H3;1-7H,14H2;2-5,7,10H,6H2,1H3. The van der Waals surface area contributed by atoms with Gasteiger partial charge in [0.05, 0.1) is 57.2 Å². The minimum absolute atomic E-state index is 0.0223. The van der Waals surface area contributed by atoms with E-state index in [1.165, 1.54) is 18.3 Å². The number of ketones is 1. The van der Waals surface area contributed by atoms with E-state index in [9.17, 15) is 46.1 Å². The van der Waals surface area contributed by atoms with Gasteiger partial charge in [0, 0.05) is 30.9 Å². The third-order valence-corrected chi connectivity index (χ3v) is 13.8. The van der Waals surface area contributed by atoms with Crippen molar-refractivity contribution in [3.8, 4) is 17.2 Å². The molecular formula is C53H54Cl4F3N5O11S. The van der Waals surface area contributed by atoms with Gasteiger partial charge in [-0.25, -0.2) is 8.42 Å². The summed E-state index contributed by atoms with van der Waals surface area (Å²) in [6, 6.07) is 27.0. The molecule has 2 amide bonds. The molecule has 0 spiro atoms. The van der Waals surface area contributed by atoms with E-state index < -0.39 is 42.0 Å². The van der Waals surface area contributed by atoms with Gasteiger partial charge in [-0.05, 0) is 99.7 Å². The van der Waals surface area contributed by atoms with Crippen LogP contribution in [0.15, 0.2) is 119 Å². The normalized spacial score (nSPS) is 14.2. The molecule has 1 aliphatic heterocycles.